The minimum absolute atomic E-state index is 0.553. The summed E-state index contributed by atoms with van der Waals surface area (Å²) < 4.78 is 3.88. The zero-order valence-electron chi connectivity index (χ0n) is 5.13. The highest BCUT2D eigenvalue weighted by atomic mass is 32.1. The number of hydrogen-bond acceptors (Lipinski definition) is 3. The van der Waals surface area contributed by atoms with Gasteiger partial charge in [-0.25, -0.2) is 0 Å². The molecule has 0 N–H and O–H groups in total. The second-order valence-corrected chi connectivity index (χ2v) is 2.58. The predicted octanol–water partition coefficient (Wildman–Crippen LogP) is 1.52. The van der Waals surface area contributed by atoms with Gasteiger partial charge in [0.15, 0.2) is 6.29 Å². The molecule has 0 atom stereocenters. The van der Waals surface area contributed by atoms with Crippen LogP contribution in [0.1, 0.15) is 22.3 Å². The number of aryl methyl sites for hydroxylation is 1. The Morgan fingerprint density at radius 1 is 1.89 bits per heavy atom. The molecule has 0 spiro atoms. The van der Waals surface area contributed by atoms with E-state index < -0.39 is 0 Å². The maximum absolute atomic E-state index is 10.1. The summed E-state index contributed by atoms with van der Waals surface area (Å²) >= 11 is 1.39. The van der Waals surface area contributed by atoms with Gasteiger partial charge in [0.05, 0.1) is 0 Å². The van der Waals surface area contributed by atoms with Gasteiger partial charge in [0.25, 0.3) is 0 Å². The lowest BCUT2D eigenvalue weighted by atomic mass is 10.3. The molecule has 2 nitrogen and oxygen atoms in total. The van der Waals surface area contributed by atoms with Crippen molar-refractivity contribution in [3.63, 3.8) is 0 Å². The van der Waals surface area contributed by atoms with Gasteiger partial charge in [-0.3, -0.25) is 4.79 Å². The fraction of sp³-hybridized carbons (Fsp3) is 0.333. The first-order valence-corrected chi connectivity index (χ1v) is 3.55. The van der Waals surface area contributed by atoms with E-state index in [1.807, 2.05) is 13.0 Å². The van der Waals surface area contributed by atoms with Crippen LogP contribution in [0.2, 0.25) is 0 Å². The van der Waals surface area contributed by atoms with E-state index in [1.165, 1.54) is 11.5 Å². The van der Waals surface area contributed by atoms with Gasteiger partial charge < -0.3 is 0 Å². The van der Waals surface area contributed by atoms with Gasteiger partial charge in [0.1, 0.15) is 5.69 Å². The molecule has 0 aromatic carbocycles. The van der Waals surface area contributed by atoms with Crippen molar-refractivity contribution in [1.82, 2.24) is 4.37 Å². The molecule has 0 saturated carbocycles. The fourth-order valence-electron chi connectivity index (χ4n) is 0.551. The zero-order valence-corrected chi connectivity index (χ0v) is 5.94. The Bertz CT molecular complexity index is 207. The van der Waals surface area contributed by atoms with Gasteiger partial charge in [-0.2, -0.15) is 4.37 Å². The molecule has 0 radical (unpaired) electrons. The van der Waals surface area contributed by atoms with Crippen molar-refractivity contribution in [3.8, 4) is 0 Å². The first-order chi connectivity index (χ1) is 4.36. The van der Waals surface area contributed by atoms with Crippen LogP contribution in [0, 0.1) is 0 Å². The van der Waals surface area contributed by atoms with Crippen LogP contribution in [-0.4, -0.2) is 10.7 Å². The Morgan fingerprint density at radius 3 is 3.00 bits per heavy atom. The highest BCUT2D eigenvalue weighted by molar-refractivity contribution is 7.05. The number of aldehydes is 1. The van der Waals surface area contributed by atoms with E-state index in [2.05, 4.69) is 4.37 Å². The average Bonchev–Trinajstić information content (AvgIpc) is 2.34. The van der Waals surface area contributed by atoms with Crippen molar-refractivity contribution in [2.24, 2.45) is 0 Å². The molecule has 0 aliphatic rings. The van der Waals surface area contributed by atoms with Crippen LogP contribution in [-0.2, 0) is 6.42 Å². The maximum atomic E-state index is 10.1. The van der Waals surface area contributed by atoms with Crippen LogP contribution in [0.3, 0.4) is 0 Å². The molecule has 0 aliphatic heterocycles. The lowest BCUT2D eigenvalue weighted by Gasteiger charge is -1.77. The average molecular weight is 141 g/mol. The number of rotatable bonds is 2. The summed E-state index contributed by atoms with van der Waals surface area (Å²) in [6.07, 6.45) is 1.74. The molecule has 0 unspecified atom stereocenters. The van der Waals surface area contributed by atoms with E-state index in [0.29, 0.717) is 5.69 Å². The van der Waals surface area contributed by atoms with E-state index in [-0.39, 0.29) is 0 Å². The van der Waals surface area contributed by atoms with Crippen LogP contribution in [0.5, 0.6) is 0 Å². The lowest BCUT2D eigenvalue weighted by molar-refractivity contribution is 0.112. The Labute approximate surface area is 57.7 Å². The molecular formula is C6H7NOS. The topological polar surface area (TPSA) is 30.0 Å². The Hall–Kier alpha value is -0.700. The summed E-state index contributed by atoms with van der Waals surface area (Å²) in [7, 11) is 0. The van der Waals surface area contributed by atoms with E-state index in [4.69, 9.17) is 0 Å². The molecule has 1 heterocycles. The summed E-state index contributed by atoms with van der Waals surface area (Å²) in [5.41, 5.74) is 0.553. The van der Waals surface area contributed by atoms with Gasteiger partial charge in [-0.05, 0) is 24.0 Å². The maximum Gasteiger partial charge on any atom is 0.169 e. The van der Waals surface area contributed by atoms with Gasteiger partial charge in [0, 0.05) is 4.88 Å². The molecule has 3 heteroatoms. The minimum Gasteiger partial charge on any atom is -0.296 e. The molecular weight excluding hydrogens is 134 g/mol. The number of nitrogens with zero attached hydrogens (tertiary/aromatic N) is 1. The highest BCUT2D eigenvalue weighted by Gasteiger charge is 1.95. The Morgan fingerprint density at radius 2 is 2.67 bits per heavy atom. The van der Waals surface area contributed by atoms with Crippen molar-refractivity contribution in [3.05, 3.63) is 16.6 Å². The Balaban J connectivity index is 2.86. The largest absolute Gasteiger partial charge is 0.296 e. The molecule has 0 fully saturated rings. The van der Waals surface area contributed by atoms with Gasteiger partial charge in [-0.1, -0.05) is 6.92 Å². The van der Waals surface area contributed by atoms with Crippen molar-refractivity contribution in [2.75, 3.05) is 0 Å². The smallest absolute Gasteiger partial charge is 0.169 e. The van der Waals surface area contributed by atoms with Crippen LogP contribution in [0.15, 0.2) is 6.07 Å². The molecule has 1 aromatic heterocycles. The van der Waals surface area contributed by atoms with Crippen LogP contribution in [0.4, 0.5) is 0 Å². The molecule has 0 saturated heterocycles. The van der Waals surface area contributed by atoms with E-state index in [9.17, 15) is 4.79 Å². The minimum atomic E-state index is 0.553. The van der Waals surface area contributed by atoms with E-state index in [1.54, 1.807) is 0 Å². The van der Waals surface area contributed by atoms with Gasteiger partial charge in [0.2, 0.25) is 0 Å². The normalized spacial score (nSPS) is 9.44. The summed E-state index contributed by atoms with van der Waals surface area (Å²) in [6.45, 7) is 2.04. The highest BCUT2D eigenvalue weighted by Crippen LogP contribution is 2.07. The SMILES string of the molecule is CCc1cc(C=O)ns1. The van der Waals surface area contributed by atoms with Crippen LogP contribution < -0.4 is 0 Å². The summed E-state index contributed by atoms with van der Waals surface area (Å²) in [6, 6.07) is 1.82. The van der Waals surface area contributed by atoms with Crippen LogP contribution >= 0.6 is 11.5 Å². The molecule has 0 amide bonds. The molecule has 9 heavy (non-hydrogen) atoms. The number of hydrogen-bond donors (Lipinski definition) is 0. The van der Waals surface area contributed by atoms with Crippen molar-refractivity contribution < 1.29 is 4.79 Å². The molecule has 1 rings (SSSR count). The van der Waals surface area contributed by atoms with E-state index in [0.717, 1.165) is 17.6 Å². The second-order valence-electron chi connectivity index (χ2n) is 1.69. The van der Waals surface area contributed by atoms with E-state index >= 15 is 0 Å². The van der Waals surface area contributed by atoms with Crippen LogP contribution in [0.25, 0.3) is 0 Å². The molecule has 0 bridgehead atoms. The lowest BCUT2D eigenvalue weighted by Crippen LogP contribution is -1.73. The summed E-state index contributed by atoms with van der Waals surface area (Å²) in [4.78, 5) is 11.2. The third-order valence-corrected chi connectivity index (χ3v) is 1.99. The van der Waals surface area contributed by atoms with Crippen molar-refractivity contribution in [2.45, 2.75) is 13.3 Å². The van der Waals surface area contributed by atoms with Crippen molar-refractivity contribution in [1.29, 1.82) is 0 Å². The third kappa shape index (κ3) is 1.36. The third-order valence-electron chi connectivity index (χ3n) is 1.05. The molecule has 48 valence electrons. The zero-order chi connectivity index (χ0) is 6.69. The van der Waals surface area contributed by atoms with Gasteiger partial charge in [-0.15, -0.1) is 0 Å². The number of aromatic nitrogens is 1. The monoisotopic (exact) mass is 141 g/mol. The Kier molecular flexibility index (Phi) is 1.95. The first kappa shape index (κ1) is 6.42. The molecule has 0 aliphatic carbocycles. The van der Waals surface area contributed by atoms with Gasteiger partial charge >= 0.3 is 0 Å². The number of carbonyl (C=O) groups is 1. The second kappa shape index (κ2) is 2.73. The fourth-order valence-corrected chi connectivity index (χ4v) is 1.17. The number of carbonyl (C=O) groups excluding carboxylic acids is 1. The quantitative estimate of drug-likeness (QED) is 0.584. The summed E-state index contributed by atoms with van der Waals surface area (Å²) in [5.74, 6) is 0. The standard InChI is InChI=1S/C6H7NOS/c1-2-6-3-5(4-8)7-9-6/h3-4H,2H2,1H3. The first-order valence-electron chi connectivity index (χ1n) is 2.77. The molecule has 1 aromatic rings. The summed E-state index contributed by atoms with van der Waals surface area (Å²) in [5, 5.41) is 0. The predicted molar refractivity (Wildman–Crippen MR) is 36.9 cm³/mol. The van der Waals surface area contributed by atoms with Crippen molar-refractivity contribution >= 4 is 17.8 Å².